The monoisotopic (exact) mass is 412 g/mol. The average molecular weight is 413 g/mol. The number of aromatic amines is 1. The molecule has 0 bridgehead atoms. The first kappa shape index (κ1) is 17.8. The SMILES string of the molecule is CC(C)[C@@H]1Cc2c(sc3c2c(=O)n(Cc2ccccc2)c2n[nH]c(=S)n32)CO1. The summed E-state index contributed by atoms with van der Waals surface area (Å²) in [5.74, 6) is 0.945. The maximum Gasteiger partial charge on any atom is 0.264 e. The maximum atomic E-state index is 13.6. The Bertz CT molecular complexity index is 1300. The number of thiophene rings is 1. The minimum atomic E-state index is -0.0118. The topological polar surface area (TPSA) is 64.3 Å². The van der Waals surface area contributed by atoms with Crippen LogP contribution < -0.4 is 5.56 Å². The molecular weight excluding hydrogens is 392 g/mol. The van der Waals surface area contributed by atoms with Gasteiger partial charge in [0.05, 0.1) is 24.6 Å². The quantitative estimate of drug-likeness (QED) is 0.518. The molecule has 6 nitrogen and oxygen atoms in total. The smallest absolute Gasteiger partial charge is 0.264 e. The van der Waals surface area contributed by atoms with Crippen LogP contribution in [0.25, 0.3) is 16.0 Å². The number of ether oxygens (including phenoxy) is 1. The zero-order valence-electron chi connectivity index (χ0n) is 15.6. The summed E-state index contributed by atoms with van der Waals surface area (Å²) in [6, 6.07) is 9.95. The molecule has 0 amide bonds. The number of aromatic nitrogens is 4. The lowest BCUT2D eigenvalue weighted by atomic mass is 9.96. The number of fused-ring (bicyclic) bond motifs is 5. The maximum absolute atomic E-state index is 13.6. The van der Waals surface area contributed by atoms with Crippen LogP contribution in [0.1, 0.15) is 29.9 Å². The van der Waals surface area contributed by atoms with Gasteiger partial charge in [-0.3, -0.25) is 9.36 Å². The predicted octanol–water partition coefficient (Wildman–Crippen LogP) is 3.91. The summed E-state index contributed by atoms with van der Waals surface area (Å²) in [7, 11) is 0. The number of nitrogens with one attached hydrogen (secondary N) is 1. The number of nitrogens with zero attached hydrogens (tertiary/aromatic N) is 3. The molecule has 3 aromatic heterocycles. The van der Waals surface area contributed by atoms with E-state index < -0.39 is 0 Å². The van der Waals surface area contributed by atoms with Crippen LogP contribution in [-0.2, 0) is 24.3 Å². The molecule has 0 unspecified atom stereocenters. The Morgan fingerprint density at radius 3 is 2.89 bits per heavy atom. The number of hydrogen-bond donors (Lipinski definition) is 1. The molecule has 1 N–H and O–H groups in total. The summed E-state index contributed by atoms with van der Waals surface area (Å²) in [6.45, 7) is 5.31. The summed E-state index contributed by atoms with van der Waals surface area (Å²) < 4.78 is 10.1. The highest BCUT2D eigenvalue weighted by atomic mass is 32.1. The second kappa shape index (κ2) is 6.65. The first-order valence-electron chi connectivity index (χ1n) is 9.34. The Morgan fingerprint density at radius 1 is 1.36 bits per heavy atom. The van der Waals surface area contributed by atoms with Gasteiger partial charge in [0.2, 0.25) is 10.5 Å². The second-order valence-corrected chi connectivity index (χ2v) is 8.99. The van der Waals surface area contributed by atoms with Gasteiger partial charge in [-0.15, -0.1) is 16.4 Å². The van der Waals surface area contributed by atoms with Crippen LogP contribution in [-0.4, -0.2) is 25.3 Å². The van der Waals surface area contributed by atoms with E-state index >= 15 is 0 Å². The van der Waals surface area contributed by atoms with Gasteiger partial charge in [-0.2, -0.15) is 0 Å². The van der Waals surface area contributed by atoms with E-state index in [-0.39, 0.29) is 11.7 Å². The highest BCUT2D eigenvalue weighted by Crippen LogP contribution is 2.36. The summed E-state index contributed by atoms with van der Waals surface area (Å²) >= 11 is 7.08. The third-order valence-corrected chi connectivity index (χ3v) is 6.86. The lowest BCUT2D eigenvalue weighted by molar-refractivity contribution is 0.00200. The Balaban J connectivity index is 1.81. The van der Waals surface area contributed by atoms with E-state index in [0.29, 0.717) is 29.6 Å². The van der Waals surface area contributed by atoms with Gasteiger partial charge in [0.25, 0.3) is 5.56 Å². The highest BCUT2D eigenvalue weighted by molar-refractivity contribution is 7.71. The van der Waals surface area contributed by atoms with Crippen LogP contribution in [0.5, 0.6) is 0 Å². The third-order valence-electron chi connectivity index (χ3n) is 5.39. The number of rotatable bonds is 3. The molecule has 0 saturated carbocycles. The molecule has 0 fully saturated rings. The molecule has 1 aromatic carbocycles. The van der Waals surface area contributed by atoms with Crippen LogP contribution in [0, 0.1) is 10.7 Å². The predicted molar refractivity (Wildman–Crippen MR) is 113 cm³/mol. The van der Waals surface area contributed by atoms with Gasteiger partial charge in [0.15, 0.2) is 0 Å². The molecular formula is C20H20N4O2S2. The molecule has 0 spiro atoms. The van der Waals surface area contributed by atoms with Crippen molar-refractivity contribution in [2.24, 2.45) is 5.92 Å². The minimum Gasteiger partial charge on any atom is -0.372 e. The molecule has 28 heavy (non-hydrogen) atoms. The van der Waals surface area contributed by atoms with E-state index in [1.165, 1.54) is 0 Å². The van der Waals surface area contributed by atoms with E-state index in [1.807, 2.05) is 34.7 Å². The first-order chi connectivity index (χ1) is 13.5. The van der Waals surface area contributed by atoms with E-state index in [2.05, 4.69) is 24.0 Å². The van der Waals surface area contributed by atoms with Gasteiger partial charge < -0.3 is 4.74 Å². The summed E-state index contributed by atoms with van der Waals surface area (Å²) in [6.07, 6.45) is 0.879. The van der Waals surface area contributed by atoms with Crippen molar-refractivity contribution in [2.45, 2.75) is 39.5 Å². The van der Waals surface area contributed by atoms with Gasteiger partial charge >= 0.3 is 0 Å². The van der Waals surface area contributed by atoms with Gasteiger partial charge in [0, 0.05) is 11.3 Å². The van der Waals surface area contributed by atoms with E-state index in [0.717, 1.165) is 32.6 Å². The van der Waals surface area contributed by atoms with E-state index in [4.69, 9.17) is 17.0 Å². The Hall–Kier alpha value is -2.29. The molecule has 1 aliphatic rings. The molecule has 4 heterocycles. The fraction of sp³-hybridized carbons (Fsp3) is 0.350. The van der Waals surface area contributed by atoms with Crippen molar-refractivity contribution < 1.29 is 4.74 Å². The van der Waals surface area contributed by atoms with E-state index in [9.17, 15) is 4.79 Å². The van der Waals surface area contributed by atoms with Gasteiger partial charge in [-0.05, 0) is 29.3 Å². The zero-order chi connectivity index (χ0) is 19.4. The third kappa shape index (κ3) is 2.67. The Labute approximate surface area is 170 Å². The second-order valence-electron chi connectivity index (χ2n) is 7.52. The van der Waals surface area contributed by atoms with Gasteiger partial charge in [-0.1, -0.05) is 44.2 Å². The lowest BCUT2D eigenvalue weighted by Crippen LogP contribution is -2.28. The van der Waals surface area contributed by atoms with Crippen molar-refractivity contribution in [2.75, 3.05) is 0 Å². The van der Waals surface area contributed by atoms with Crippen molar-refractivity contribution in [3.63, 3.8) is 0 Å². The Kier molecular flexibility index (Phi) is 4.22. The fourth-order valence-electron chi connectivity index (χ4n) is 3.87. The highest BCUT2D eigenvalue weighted by Gasteiger charge is 2.29. The molecule has 8 heteroatoms. The van der Waals surface area contributed by atoms with Gasteiger partial charge in [-0.25, -0.2) is 9.50 Å². The molecule has 1 atom stereocenters. The van der Waals surface area contributed by atoms with Crippen molar-refractivity contribution >= 4 is 39.5 Å². The van der Waals surface area contributed by atoms with Crippen molar-refractivity contribution in [3.8, 4) is 0 Å². The summed E-state index contributed by atoms with van der Waals surface area (Å²) in [5, 5.41) is 7.98. The van der Waals surface area contributed by atoms with Crippen LogP contribution in [0.15, 0.2) is 35.1 Å². The van der Waals surface area contributed by atoms with Crippen LogP contribution in [0.4, 0.5) is 0 Å². The number of H-pyrrole nitrogens is 1. The van der Waals surface area contributed by atoms with Crippen LogP contribution in [0.3, 0.4) is 0 Å². The Morgan fingerprint density at radius 2 is 2.14 bits per heavy atom. The number of hydrogen-bond acceptors (Lipinski definition) is 5. The first-order valence-corrected chi connectivity index (χ1v) is 10.6. The minimum absolute atomic E-state index is 0.0118. The standard InChI is InChI=1S/C20H20N4O2S2/c1-11(2)14-8-13-15(10-26-14)28-18-16(13)17(25)23(9-12-6-4-3-5-7-12)19-21-22-20(27)24(18)19/h3-7,11,14H,8-10H2,1-2H3,(H,22,27)/t14-/m0/s1. The summed E-state index contributed by atoms with van der Waals surface area (Å²) in [4.78, 5) is 15.6. The number of benzene rings is 1. The normalized spacial score (nSPS) is 16.9. The molecule has 0 aliphatic carbocycles. The van der Waals surface area contributed by atoms with Crippen molar-refractivity contribution in [1.82, 2.24) is 19.2 Å². The molecule has 144 valence electrons. The molecule has 1 aliphatic heterocycles. The average Bonchev–Trinajstić information content (AvgIpc) is 3.26. The fourth-order valence-corrected chi connectivity index (χ4v) is 5.39. The van der Waals surface area contributed by atoms with Gasteiger partial charge in [0.1, 0.15) is 4.83 Å². The largest absolute Gasteiger partial charge is 0.372 e. The van der Waals surface area contributed by atoms with Crippen molar-refractivity contribution in [1.29, 1.82) is 0 Å². The molecule has 0 radical (unpaired) electrons. The van der Waals surface area contributed by atoms with Crippen LogP contribution in [0.2, 0.25) is 0 Å². The zero-order valence-corrected chi connectivity index (χ0v) is 17.3. The summed E-state index contributed by atoms with van der Waals surface area (Å²) in [5.41, 5.74) is 2.15. The van der Waals surface area contributed by atoms with Crippen molar-refractivity contribution in [3.05, 3.63) is 61.5 Å². The molecule has 4 aromatic rings. The lowest BCUT2D eigenvalue weighted by Gasteiger charge is -2.26. The van der Waals surface area contributed by atoms with E-state index in [1.54, 1.807) is 15.9 Å². The van der Waals surface area contributed by atoms with Crippen LogP contribution >= 0.6 is 23.6 Å². The molecule has 0 saturated heterocycles. The molecule has 5 rings (SSSR count).